The maximum absolute atomic E-state index is 12.1. The van der Waals surface area contributed by atoms with Crippen molar-refractivity contribution < 1.29 is 13.2 Å². The Balaban J connectivity index is 2.19. The van der Waals surface area contributed by atoms with Crippen molar-refractivity contribution in [1.29, 1.82) is 0 Å². The Morgan fingerprint density at radius 3 is 2.79 bits per heavy atom. The van der Waals surface area contributed by atoms with Crippen LogP contribution in [0.2, 0.25) is 0 Å². The van der Waals surface area contributed by atoms with Gasteiger partial charge in [-0.05, 0) is 37.9 Å². The molecular weight excluding hydrogens is 262 g/mol. The van der Waals surface area contributed by atoms with E-state index in [0.717, 1.165) is 6.42 Å². The van der Waals surface area contributed by atoms with Crippen LogP contribution in [-0.2, 0) is 21.2 Å². The molecule has 1 N–H and O–H groups in total. The smallest absolute Gasteiger partial charge is 0.214 e. The van der Waals surface area contributed by atoms with Crippen LogP contribution in [-0.4, -0.2) is 33.9 Å². The fraction of sp³-hybridized carbons (Fsp3) is 0.571. The summed E-state index contributed by atoms with van der Waals surface area (Å²) in [6, 6.07) is 8.11. The highest BCUT2D eigenvalue weighted by molar-refractivity contribution is 7.90. The lowest BCUT2D eigenvalue weighted by Gasteiger charge is -2.31. The van der Waals surface area contributed by atoms with Gasteiger partial charge in [-0.25, -0.2) is 13.1 Å². The molecule has 0 radical (unpaired) electrons. The minimum atomic E-state index is -3.23. The third-order valence-corrected chi connectivity index (χ3v) is 5.82. The maximum Gasteiger partial charge on any atom is 0.214 e. The molecule has 0 aliphatic carbocycles. The van der Waals surface area contributed by atoms with E-state index in [2.05, 4.69) is 23.8 Å². The number of rotatable bonds is 4. The Morgan fingerprint density at radius 1 is 1.37 bits per heavy atom. The molecule has 2 rings (SSSR count). The lowest BCUT2D eigenvalue weighted by Crippen LogP contribution is -2.43. The van der Waals surface area contributed by atoms with Crippen molar-refractivity contribution in [2.24, 2.45) is 5.92 Å². The molecular formula is C14H21NO3S. The van der Waals surface area contributed by atoms with Gasteiger partial charge in [0.15, 0.2) is 0 Å². The first kappa shape index (κ1) is 14.5. The summed E-state index contributed by atoms with van der Waals surface area (Å²) in [4.78, 5) is 0. The summed E-state index contributed by atoms with van der Waals surface area (Å²) < 4.78 is 32.1. The van der Waals surface area contributed by atoms with E-state index in [1.54, 1.807) is 0 Å². The quantitative estimate of drug-likeness (QED) is 0.911. The second-order valence-electron chi connectivity index (χ2n) is 5.04. The predicted molar refractivity (Wildman–Crippen MR) is 75.6 cm³/mol. The SMILES string of the molecule is CNS(=O)(=O)[C@H]1CCOC[C@@H]1Cc1ccccc1C. The van der Waals surface area contributed by atoms with Gasteiger partial charge in [-0.1, -0.05) is 24.3 Å². The van der Waals surface area contributed by atoms with Gasteiger partial charge in [-0.15, -0.1) is 0 Å². The van der Waals surface area contributed by atoms with Crippen molar-refractivity contribution in [2.45, 2.75) is 25.0 Å². The zero-order valence-electron chi connectivity index (χ0n) is 11.4. The molecule has 0 spiro atoms. The number of hydrogen-bond acceptors (Lipinski definition) is 3. The van der Waals surface area contributed by atoms with E-state index in [4.69, 9.17) is 4.74 Å². The van der Waals surface area contributed by atoms with Crippen molar-refractivity contribution >= 4 is 10.0 Å². The molecule has 2 atom stereocenters. The highest BCUT2D eigenvalue weighted by Crippen LogP contribution is 2.25. The molecule has 0 unspecified atom stereocenters. The molecule has 4 nitrogen and oxygen atoms in total. The second-order valence-corrected chi connectivity index (χ2v) is 7.15. The highest BCUT2D eigenvalue weighted by Gasteiger charge is 2.35. The van der Waals surface area contributed by atoms with E-state index >= 15 is 0 Å². The maximum atomic E-state index is 12.1. The topological polar surface area (TPSA) is 55.4 Å². The van der Waals surface area contributed by atoms with Gasteiger partial charge in [0.1, 0.15) is 0 Å². The van der Waals surface area contributed by atoms with E-state index < -0.39 is 10.0 Å². The summed E-state index contributed by atoms with van der Waals surface area (Å²) in [5.74, 6) is 0.0206. The Morgan fingerprint density at radius 2 is 2.11 bits per heavy atom. The molecule has 1 aromatic carbocycles. The Bertz CT molecular complexity index is 527. The molecule has 0 bridgehead atoms. The Hall–Kier alpha value is -0.910. The number of sulfonamides is 1. The van der Waals surface area contributed by atoms with Gasteiger partial charge in [-0.3, -0.25) is 0 Å². The monoisotopic (exact) mass is 283 g/mol. The first-order valence-electron chi connectivity index (χ1n) is 6.59. The molecule has 1 aliphatic heterocycles. The molecule has 5 heteroatoms. The molecule has 1 aromatic rings. The third-order valence-electron chi connectivity index (χ3n) is 3.83. The Labute approximate surface area is 115 Å². The van der Waals surface area contributed by atoms with Crippen LogP contribution in [0, 0.1) is 12.8 Å². The van der Waals surface area contributed by atoms with Crippen molar-refractivity contribution in [3.05, 3.63) is 35.4 Å². The van der Waals surface area contributed by atoms with Crippen LogP contribution in [0.4, 0.5) is 0 Å². The van der Waals surface area contributed by atoms with Gasteiger partial charge in [0.25, 0.3) is 0 Å². The van der Waals surface area contributed by atoms with Crippen molar-refractivity contribution in [1.82, 2.24) is 4.72 Å². The van der Waals surface area contributed by atoms with E-state index in [0.29, 0.717) is 19.6 Å². The Kier molecular flexibility index (Phi) is 4.60. The average Bonchev–Trinajstić information content (AvgIpc) is 2.42. The summed E-state index contributed by atoms with van der Waals surface area (Å²) in [5, 5.41) is -0.356. The number of hydrogen-bond donors (Lipinski definition) is 1. The highest BCUT2D eigenvalue weighted by atomic mass is 32.2. The minimum absolute atomic E-state index is 0.0206. The van der Waals surface area contributed by atoms with E-state index in [1.807, 2.05) is 12.1 Å². The van der Waals surface area contributed by atoms with Crippen LogP contribution in [0.3, 0.4) is 0 Å². The normalized spacial score (nSPS) is 24.3. The molecule has 1 saturated heterocycles. The van der Waals surface area contributed by atoms with Crippen LogP contribution >= 0.6 is 0 Å². The van der Waals surface area contributed by atoms with Gasteiger partial charge >= 0.3 is 0 Å². The fourth-order valence-corrected chi connectivity index (χ4v) is 4.04. The van der Waals surface area contributed by atoms with Crippen molar-refractivity contribution in [3.8, 4) is 0 Å². The number of benzene rings is 1. The summed E-state index contributed by atoms with van der Waals surface area (Å²) >= 11 is 0. The van der Waals surface area contributed by atoms with E-state index in [1.165, 1.54) is 18.2 Å². The zero-order chi connectivity index (χ0) is 13.9. The second kappa shape index (κ2) is 6.03. The van der Waals surface area contributed by atoms with Gasteiger partial charge in [0.05, 0.1) is 11.9 Å². The molecule has 19 heavy (non-hydrogen) atoms. The van der Waals surface area contributed by atoms with Crippen molar-refractivity contribution in [3.63, 3.8) is 0 Å². The van der Waals surface area contributed by atoms with Crippen LogP contribution in [0.15, 0.2) is 24.3 Å². The molecule has 106 valence electrons. The van der Waals surface area contributed by atoms with Crippen LogP contribution in [0.5, 0.6) is 0 Å². The molecule has 1 fully saturated rings. The fourth-order valence-electron chi connectivity index (χ4n) is 2.65. The number of ether oxygens (including phenoxy) is 1. The van der Waals surface area contributed by atoms with Gasteiger partial charge in [0.2, 0.25) is 10.0 Å². The molecule has 1 heterocycles. The van der Waals surface area contributed by atoms with Crippen LogP contribution < -0.4 is 4.72 Å². The zero-order valence-corrected chi connectivity index (χ0v) is 12.2. The van der Waals surface area contributed by atoms with E-state index in [9.17, 15) is 8.42 Å². The largest absolute Gasteiger partial charge is 0.381 e. The summed E-state index contributed by atoms with van der Waals surface area (Å²) in [5.41, 5.74) is 2.41. The first-order valence-corrected chi connectivity index (χ1v) is 8.14. The van der Waals surface area contributed by atoms with Crippen LogP contribution in [0.1, 0.15) is 17.5 Å². The predicted octanol–water partition coefficient (Wildman–Crippen LogP) is 1.49. The summed E-state index contributed by atoms with van der Waals surface area (Å²) in [6.07, 6.45) is 1.32. The molecule has 0 aromatic heterocycles. The van der Waals surface area contributed by atoms with Gasteiger partial charge in [0, 0.05) is 12.5 Å². The third kappa shape index (κ3) is 3.35. The molecule has 0 saturated carbocycles. The minimum Gasteiger partial charge on any atom is -0.381 e. The summed E-state index contributed by atoms with van der Waals surface area (Å²) in [7, 11) is -1.75. The molecule has 0 amide bonds. The summed E-state index contributed by atoms with van der Waals surface area (Å²) in [6.45, 7) is 3.09. The molecule has 1 aliphatic rings. The lowest BCUT2D eigenvalue weighted by molar-refractivity contribution is 0.0570. The van der Waals surface area contributed by atoms with E-state index in [-0.39, 0.29) is 11.2 Å². The standard InChI is InChI=1S/C14H21NO3S/c1-11-5-3-4-6-12(11)9-13-10-18-8-7-14(13)19(16,17)15-2/h3-6,13-15H,7-10H2,1-2H3/t13-,14-/m0/s1. The van der Waals surface area contributed by atoms with Gasteiger partial charge in [-0.2, -0.15) is 0 Å². The number of nitrogens with one attached hydrogen (secondary N) is 1. The van der Waals surface area contributed by atoms with Crippen molar-refractivity contribution in [2.75, 3.05) is 20.3 Å². The van der Waals surface area contributed by atoms with Gasteiger partial charge < -0.3 is 4.74 Å². The lowest BCUT2D eigenvalue weighted by atomic mass is 9.91. The number of aryl methyl sites for hydroxylation is 1. The van der Waals surface area contributed by atoms with Crippen LogP contribution in [0.25, 0.3) is 0 Å². The first-order chi connectivity index (χ1) is 9.04. The average molecular weight is 283 g/mol.